The molecule has 0 spiro atoms. The molecule has 0 radical (unpaired) electrons. The van der Waals surface area contributed by atoms with E-state index in [-0.39, 0.29) is 10.5 Å². The minimum absolute atomic E-state index is 0.0322. The third-order valence-electron chi connectivity index (χ3n) is 6.07. The molecule has 1 fully saturated rings. The number of hydrogen-bond acceptors (Lipinski definition) is 7. The van der Waals surface area contributed by atoms with Crippen LogP contribution in [0.25, 0.3) is 0 Å². The highest BCUT2D eigenvalue weighted by Crippen LogP contribution is 2.24. The Bertz CT molecular complexity index is 1240. The summed E-state index contributed by atoms with van der Waals surface area (Å²) in [6.07, 6.45) is 4.54. The van der Waals surface area contributed by atoms with E-state index in [0.29, 0.717) is 23.3 Å². The summed E-state index contributed by atoms with van der Waals surface area (Å²) < 4.78 is 32.3. The largest absolute Gasteiger partial charge is 0.497 e. The molecular weight excluding hydrogens is 452 g/mol. The number of nitrogens with one attached hydrogen (secondary N) is 1. The lowest BCUT2D eigenvalue weighted by atomic mass is 9.90. The molecule has 8 nitrogen and oxygen atoms in total. The predicted molar refractivity (Wildman–Crippen MR) is 129 cm³/mol. The summed E-state index contributed by atoms with van der Waals surface area (Å²) in [6.45, 7) is 3.37. The van der Waals surface area contributed by atoms with Crippen molar-refractivity contribution >= 4 is 21.9 Å². The van der Waals surface area contributed by atoms with Gasteiger partial charge in [-0.3, -0.25) is 4.79 Å². The molecule has 2 heterocycles. The van der Waals surface area contributed by atoms with Crippen LogP contribution in [0.3, 0.4) is 0 Å². The van der Waals surface area contributed by atoms with Gasteiger partial charge in [0.15, 0.2) is 0 Å². The molecule has 3 aromatic rings. The Labute approximate surface area is 200 Å². The lowest BCUT2D eigenvalue weighted by molar-refractivity contribution is 0.0980. The van der Waals surface area contributed by atoms with Gasteiger partial charge in [-0.2, -0.15) is 0 Å². The molecule has 4 rings (SSSR count). The monoisotopic (exact) mass is 480 g/mol. The summed E-state index contributed by atoms with van der Waals surface area (Å²) in [4.78, 5) is 23.6. The van der Waals surface area contributed by atoms with Gasteiger partial charge in [0, 0.05) is 19.3 Å². The molecule has 0 aliphatic carbocycles. The number of carbonyl (C=O) groups excluding carboxylic acids is 1. The quantitative estimate of drug-likeness (QED) is 0.553. The van der Waals surface area contributed by atoms with Crippen LogP contribution in [0, 0.1) is 12.8 Å². The normalized spacial score (nSPS) is 14.6. The smallest absolute Gasteiger partial charge is 0.268 e. The molecule has 1 amide bonds. The number of aryl methyl sites for hydroxylation is 1. The second kappa shape index (κ2) is 10.2. The summed E-state index contributed by atoms with van der Waals surface area (Å²) >= 11 is 0. The molecule has 0 unspecified atom stereocenters. The SMILES string of the molecule is COc1ccc(S(=O)(=O)NC(=O)c2cnc(N3CCC(Cc4ccccc4)CC3)nc2C)cc1. The van der Waals surface area contributed by atoms with E-state index in [1.54, 1.807) is 6.92 Å². The van der Waals surface area contributed by atoms with Crippen molar-refractivity contribution in [3.8, 4) is 5.75 Å². The average molecular weight is 481 g/mol. The van der Waals surface area contributed by atoms with Crippen LogP contribution in [0.15, 0.2) is 65.7 Å². The van der Waals surface area contributed by atoms with Gasteiger partial charge in [0.2, 0.25) is 5.95 Å². The number of ether oxygens (including phenoxy) is 1. The number of amides is 1. The van der Waals surface area contributed by atoms with Crippen molar-refractivity contribution in [3.63, 3.8) is 0 Å². The van der Waals surface area contributed by atoms with Crippen LogP contribution in [0.4, 0.5) is 5.95 Å². The average Bonchev–Trinajstić information content (AvgIpc) is 2.85. The lowest BCUT2D eigenvalue weighted by Gasteiger charge is -2.32. The van der Waals surface area contributed by atoms with Crippen molar-refractivity contribution < 1.29 is 17.9 Å². The summed E-state index contributed by atoms with van der Waals surface area (Å²) in [7, 11) is -2.54. The number of hydrogen-bond donors (Lipinski definition) is 1. The van der Waals surface area contributed by atoms with E-state index in [1.807, 2.05) is 6.07 Å². The Morgan fingerprint density at radius 3 is 2.38 bits per heavy atom. The highest BCUT2D eigenvalue weighted by molar-refractivity contribution is 7.90. The molecule has 2 aromatic carbocycles. The zero-order valence-electron chi connectivity index (χ0n) is 19.3. The van der Waals surface area contributed by atoms with Gasteiger partial charge < -0.3 is 9.64 Å². The molecule has 0 bridgehead atoms. The second-order valence-corrected chi connectivity index (χ2v) is 10.1. The lowest BCUT2D eigenvalue weighted by Crippen LogP contribution is -2.36. The van der Waals surface area contributed by atoms with E-state index >= 15 is 0 Å². The van der Waals surface area contributed by atoms with E-state index in [2.05, 4.69) is 43.9 Å². The number of nitrogens with zero attached hydrogens (tertiary/aromatic N) is 3. The van der Waals surface area contributed by atoms with E-state index < -0.39 is 15.9 Å². The Hall–Kier alpha value is -3.46. The van der Waals surface area contributed by atoms with Gasteiger partial charge >= 0.3 is 0 Å². The molecule has 0 atom stereocenters. The summed E-state index contributed by atoms with van der Waals surface area (Å²) in [6, 6.07) is 16.3. The molecule has 0 saturated carbocycles. The number of anilines is 1. The fourth-order valence-electron chi connectivity index (χ4n) is 4.11. The van der Waals surface area contributed by atoms with E-state index in [4.69, 9.17) is 4.74 Å². The van der Waals surface area contributed by atoms with Crippen LogP contribution in [0.5, 0.6) is 5.75 Å². The number of carbonyl (C=O) groups is 1. The number of sulfonamides is 1. The summed E-state index contributed by atoms with van der Waals surface area (Å²) in [5.41, 5.74) is 1.91. The third kappa shape index (κ3) is 5.53. The van der Waals surface area contributed by atoms with Gasteiger partial charge in [-0.15, -0.1) is 0 Å². The maximum atomic E-state index is 12.7. The predicted octanol–water partition coefficient (Wildman–Crippen LogP) is 3.37. The van der Waals surface area contributed by atoms with E-state index in [0.717, 1.165) is 32.4 Å². The number of aromatic nitrogens is 2. The first-order chi connectivity index (χ1) is 16.4. The van der Waals surface area contributed by atoms with Crippen molar-refractivity contribution in [3.05, 3.63) is 77.6 Å². The summed E-state index contributed by atoms with van der Waals surface area (Å²) in [5, 5.41) is 0. The van der Waals surface area contributed by atoms with Crippen LogP contribution in [0.1, 0.15) is 34.5 Å². The zero-order chi connectivity index (χ0) is 24.1. The van der Waals surface area contributed by atoms with Crippen molar-refractivity contribution in [2.24, 2.45) is 5.92 Å². The molecule has 178 valence electrons. The van der Waals surface area contributed by atoms with Gasteiger partial charge in [0.25, 0.3) is 15.9 Å². The van der Waals surface area contributed by atoms with E-state index in [9.17, 15) is 13.2 Å². The molecule has 1 saturated heterocycles. The first-order valence-electron chi connectivity index (χ1n) is 11.2. The molecule has 1 aliphatic heterocycles. The maximum Gasteiger partial charge on any atom is 0.268 e. The molecular formula is C25H28N4O4S. The van der Waals surface area contributed by atoms with Crippen molar-refractivity contribution in [1.82, 2.24) is 14.7 Å². The van der Waals surface area contributed by atoms with Crippen molar-refractivity contribution in [2.75, 3.05) is 25.1 Å². The van der Waals surface area contributed by atoms with Gasteiger partial charge in [-0.05, 0) is 61.9 Å². The Kier molecular flexibility index (Phi) is 7.12. The number of piperidine rings is 1. The molecule has 9 heteroatoms. The Balaban J connectivity index is 1.38. The van der Waals surface area contributed by atoms with Crippen LogP contribution in [-0.2, 0) is 16.4 Å². The van der Waals surface area contributed by atoms with Crippen molar-refractivity contribution in [1.29, 1.82) is 0 Å². The second-order valence-electron chi connectivity index (χ2n) is 8.40. The Morgan fingerprint density at radius 1 is 1.09 bits per heavy atom. The van der Waals surface area contributed by atoms with Crippen LogP contribution in [-0.4, -0.2) is 44.5 Å². The fourth-order valence-corrected chi connectivity index (χ4v) is 5.07. The zero-order valence-corrected chi connectivity index (χ0v) is 20.1. The number of rotatable bonds is 7. The van der Waals surface area contributed by atoms with Crippen LogP contribution in [0.2, 0.25) is 0 Å². The van der Waals surface area contributed by atoms with E-state index in [1.165, 1.54) is 43.1 Å². The van der Waals surface area contributed by atoms with Crippen LogP contribution >= 0.6 is 0 Å². The Morgan fingerprint density at radius 2 is 1.76 bits per heavy atom. The van der Waals surface area contributed by atoms with Gasteiger partial charge in [-0.25, -0.2) is 23.1 Å². The molecule has 1 N–H and O–H groups in total. The van der Waals surface area contributed by atoms with Gasteiger partial charge in [0.05, 0.1) is 23.3 Å². The standard InChI is InChI=1S/C25H28N4O4S/c1-18-23(24(30)28-34(31,32)22-10-8-21(33-2)9-11-22)17-26-25(27-18)29-14-12-20(13-15-29)16-19-6-4-3-5-7-19/h3-11,17,20H,12-16H2,1-2H3,(H,28,30). The first-order valence-corrected chi connectivity index (χ1v) is 12.7. The van der Waals surface area contributed by atoms with Gasteiger partial charge in [0.1, 0.15) is 5.75 Å². The summed E-state index contributed by atoms with van der Waals surface area (Å²) in [5.74, 6) is 0.939. The number of benzene rings is 2. The van der Waals surface area contributed by atoms with Crippen molar-refractivity contribution in [2.45, 2.75) is 31.1 Å². The molecule has 1 aliphatic rings. The minimum Gasteiger partial charge on any atom is -0.497 e. The topological polar surface area (TPSA) is 101 Å². The van der Waals surface area contributed by atoms with Crippen LogP contribution < -0.4 is 14.4 Å². The molecule has 34 heavy (non-hydrogen) atoms. The maximum absolute atomic E-state index is 12.7. The highest BCUT2D eigenvalue weighted by Gasteiger charge is 2.24. The highest BCUT2D eigenvalue weighted by atomic mass is 32.2. The third-order valence-corrected chi connectivity index (χ3v) is 7.42. The van der Waals surface area contributed by atoms with Gasteiger partial charge in [-0.1, -0.05) is 30.3 Å². The number of methoxy groups -OCH3 is 1. The first kappa shape index (κ1) is 23.7. The minimum atomic E-state index is -4.03. The molecule has 1 aromatic heterocycles. The fraction of sp³-hybridized carbons (Fsp3) is 0.320.